The maximum Gasteiger partial charge on any atom is 0.224 e. The van der Waals surface area contributed by atoms with Crippen LogP contribution in [0.4, 0.5) is 15.8 Å². The molecule has 1 aromatic carbocycles. The molecular weight excluding hydrogens is 283 g/mol. The van der Waals surface area contributed by atoms with Gasteiger partial charge in [-0.2, -0.15) is 5.10 Å². The maximum atomic E-state index is 13.4. The summed E-state index contributed by atoms with van der Waals surface area (Å²) in [5, 5.41) is 7.04. The van der Waals surface area contributed by atoms with Crippen LogP contribution in [0.5, 0.6) is 0 Å². The van der Waals surface area contributed by atoms with Gasteiger partial charge in [-0.3, -0.25) is 9.48 Å². The van der Waals surface area contributed by atoms with Gasteiger partial charge in [-0.1, -0.05) is 11.6 Å². The van der Waals surface area contributed by atoms with Crippen LogP contribution in [0.15, 0.2) is 30.6 Å². The first kappa shape index (κ1) is 14.3. The van der Waals surface area contributed by atoms with Crippen molar-refractivity contribution in [2.75, 3.05) is 11.1 Å². The molecule has 0 fully saturated rings. The summed E-state index contributed by atoms with van der Waals surface area (Å²) >= 11 is 5.73. The van der Waals surface area contributed by atoms with E-state index < -0.39 is 5.82 Å². The van der Waals surface area contributed by atoms with Crippen molar-refractivity contribution in [1.29, 1.82) is 0 Å². The Bertz CT molecular complexity index is 614. The van der Waals surface area contributed by atoms with E-state index in [0.29, 0.717) is 23.7 Å². The summed E-state index contributed by atoms with van der Waals surface area (Å²) in [6.45, 7) is 0.569. The van der Waals surface area contributed by atoms with Crippen LogP contribution in [0.25, 0.3) is 0 Å². The molecule has 106 valence electrons. The number of hydrogen-bond acceptors (Lipinski definition) is 3. The fourth-order valence-electron chi connectivity index (χ4n) is 1.71. The number of carbonyl (C=O) groups is 1. The highest BCUT2D eigenvalue weighted by molar-refractivity contribution is 6.30. The molecule has 3 N–H and O–H groups in total. The van der Waals surface area contributed by atoms with Gasteiger partial charge in [0.15, 0.2) is 0 Å². The number of carbonyl (C=O) groups excluding carboxylic acids is 1. The topological polar surface area (TPSA) is 72.9 Å². The predicted octanol–water partition coefficient (Wildman–Crippen LogP) is 2.68. The van der Waals surface area contributed by atoms with Crippen LogP contribution in [0, 0.1) is 5.82 Å². The van der Waals surface area contributed by atoms with Crippen molar-refractivity contribution in [3.8, 4) is 0 Å². The van der Waals surface area contributed by atoms with E-state index in [9.17, 15) is 9.18 Å². The van der Waals surface area contributed by atoms with Gasteiger partial charge in [0.1, 0.15) is 5.82 Å². The van der Waals surface area contributed by atoms with Gasteiger partial charge in [0.05, 0.1) is 16.9 Å². The molecule has 0 unspecified atom stereocenters. The van der Waals surface area contributed by atoms with Gasteiger partial charge >= 0.3 is 0 Å². The zero-order valence-corrected chi connectivity index (χ0v) is 11.4. The van der Waals surface area contributed by atoms with Crippen LogP contribution in [0.1, 0.15) is 12.8 Å². The van der Waals surface area contributed by atoms with Gasteiger partial charge < -0.3 is 11.1 Å². The van der Waals surface area contributed by atoms with Crippen LogP contribution in [-0.2, 0) is 11.3 Å². The number of rotatable bonds is 5. The number of nitrogens with zero attached hydrogens (tertiary/aromatic N) is 2. The molecule has 0 spiro atoms. The molecule has 2 rings (SSSR count). The van der Waals surface area contributed by atoms with Crippen LogP contribution in [-0.4, -0.2) is 15.7 Å². The van der Waals surface area contributed by atoms with Crippen molar-refractivity contribution >= 4 is 28.9 Å². The monoisotopic (exact) mass is 296 g/mol. The molecule has 7 heteroatoms. The van der Waals surface area contributed by atoms with E-state index in [0.717, 1.165) is 0 Å². The number of aryl methyl sites for hydroxylation is 1. The second kappa shape index (κ2) is 6.38. The lowest BCUT2D eigenvalue weighted by molar-refractivity contribution is -0.116. The predicted molar refractivity (Wildman–Crippen MR) is 75.9 cm³/mol. The van der Waals surface area contributed by atoms with Crippen LogP contribution in [0.2, 0.25) is 5.02 Å². The second-order valence-electron chi connectivity index (χ2n) is 4.31. The molecule has 0 bridgehead atoms. The third-order valence-corrected chi connectivity index (χ3v) is 2.85. The molecule has 0 saturated heterocycles. The highest BCUT2D eigenvalue weighted by atomic mass is 35.5. The molecule has 0 aliphatic heterocycles. The third kappa shape index (κ3) is 3.96. The Morgan fingerprint density at radius 2 is 2.30 bits per heavy atom. The van der Waals surface area contributed by atoms with E-state index in [1.165, 1.54) is 24.4 Å². The van der Waals surface area contributed by atoms with E-state index in [-0.39, 0.29) is 18.0 Å². The van der Waals surface area contributed by atoms with E-state index in [1.54, 1.807) is 10.9 Å². The first-order valence-corrected chi connectivity index (χ1v) is 6.45. The zero-order chi connectivity index (χ0) is 14.5. The lowest BCUT2D eigenvalue weighted by Gasteiger charge is -2.07. The molecular formula is C13H14ClFN4O. The molecule has 1 heterocycles. The van der Waals surface area contributed by atoms with Crippen molar-refractivity contribution in [2.24, 2.45) is 0 Å². The zero-order valence-electron chi connectivity index (χ0n) is 10.6. The average Bonchev–Trinajstić information content (AvgIpc) is 2.80. The summed E-state index contributed by atoms with van der Waals surface area (Å²) in [5.74, 6) is -0.779. The van der Waals surface area contributed by atoms with E-state index >= 15 is 0 Å². The van der Waals surface area contributed by atoms with E-state index in [1.807, 2.05) is 0 Å². The lowest BCUT2D eigenvalue weighted by atomic mass is 10.2. The van der Waals surface area contributed by atoms with Crippen molar-refractivity contribution in [2.45, 2.75) is 19.4 Å². The van der Waals surface area contributed by atoms with Crippen molar-refractivity contribution in [1.82, 2.24) is 9.78 Å². The number of anilines is 2. The molecule has 0 aliphatic carbocycles. The molecule has 2 aromatic rings. The van der Waals surface area contributed by atoms with Gasteiger partial charge in [-0.15, -0.1) is 0 Å². The summed E-state index contributed by atoms with van der Waals surface area (Å²) in [6, 6.07) is 4.05. The molecule has 0 saturated carbocycles. The summed E-state index contributed by atoms with van der Waals surface area (Å²) in [5.41, 5.74) is 6.03. The largest absolute Gasteiger partial charge is 0.399 e. The quantitative estimate of drug-likeness (QED) is 0.833. The molecule has 5 nitrogen and oxygen atoms in total. The molecule has 0 radical (unpaired) electrons. The fraction of sp³-hybridized carbons (Fsp3) is 0.231. The highest BCUT2D eigenvalue weighted by Crippen LogP contribution is 2.17. The third-order valence-electron chi connectivity index (χ3n) is 2.66. The summed E-state index contributed by atoms with van der Waals surface area (Å²) in [4.78, 5) is 11.7. The van der Waals surface area contributed by atoms with Crippen molar-refractivity contribution in [3.63, 3.8) is 0 Å². The highest BCUT2D eigenvalue weighted by Gasteiger charge is 2.07. The minimum Gasteiger partial charge on any atom is -0.399 e. The van der Waals surface area contributed by atoms with Gasteiger partial charge in [0, 0.05) is 24.8 Å². The molecule has 0 atom stereocenters. The number of amides is 1. The van der Waals surface area contributed by atoms with Crippen molar-refractivity contribution in [3.05, 3.63) is 41.4 Å². The normalized spacial score (nSPS) is 10.5. The first-order chi connectivity index (χ1) is 9.54. The number of nitrogens with two attached hydrogens (primary N) is 1. The first-order valence-electron chi connectivity index (χ1n) is 6.07. The number of nitrogens with one attached hydrogen (secondary N) is 1. The Balaban J connectivity index is 1.82. The minimum atomic E-state index is -0.508. The maximum absolute atomic E-state index is 13.4. The number of nitrogen functional groups attached to an aromatic ring is 1. The number of benzene rings is 1. The Morgan fingerprint density at radius 3 is 3.00 bits per heavy atom. The van der Waals surface area contributed by atoms with Gasteiger partial charge in [-0.25, -0.2) is 4.39 Å². The minimum absolute atomic E-state index is 0.0946. The summed E-state index contributed by atoms with van der Waals surface area (Å²) in [7, 11) is 0. The van der Waals surface area contributed by atoms with Crippen LogP contribution < -0.4 is 11.1 Å². The smallest absolute Gasteiger partial charge is 0.224 e. The standard InChI is InChI=1S/C13H14ClFN4O/c14-9-7-17-19(8-9)5-1-2-13(20)18-12-6-10(16)3-4-11(12)15/h3-4,6-8H,1-2,5,16H2,(H,18,20). The average molecular weight is 297 g/mol. The summed E-state index contributed by atoms with van der Waals surface area (Å²) in [6.07, 6.45) is 4.04. The Morgan fingerprint density at radius 1 is 1.50 bits per heavy atom. The van der Waals surface area contributed by atoms with E-state index in [4.69, 9.17) is 17.3 Å². The Kier molecular flexibility index (Phi) is 4.57. The molecule has 20 heavy (non-hydrogen) atoms. The number of aromatic nitrogens is 2. The summed E-state index contributed by atoms with van der Waals surface area (Å²) < 4.78 is 15.1. The van der Waals surface area contributed by atoms with Crippen LogP contribution >= 0.6 is 11.6 Å². The molecule has 1 amide bonds. The lowest BCUT2D eigenvalue weighted by Crippen LogP contribution is -2.13. The second-order valence-corrected chi connectivity index (χ2v) is 4.75. The van der Waals surface area contributed by atoms with Crippen LogP contribution in [0.3, 0.4) is 0 Å². The SMILES string of the molecule is Nc1ccc(F)c(NC(=O)CCCn2cc(Cl)cn2)c1. The molecule has 0 aliphatic rings. The Hall–Kier alpha value is -2.08. The number of halogens is 2. The van der Waals surface area contributed by atoms with E-state index in [2.05, 4.69) is 10.4 Å². The van der Waals surface area contributed by atoms with Crippen molar-refractivity contribution < 1.29 is 9.18 Å². The van der Waals surface area contributed by atoms with Gasteiger partial charge in [0.25, 0.3) is 0 Å². The fourth-order valence-corrected chi connectivity index (χ4v) is 1.87. The Labute approximate surface area is 120 Å². The van der Waals surface area contributed by atoms with Gasteiger partial charge in [0.2, 0.25) is 5.91 Å². The van der Waals surface area contributed by atoms with Gasteiger partial charge in [-0.05, 0) is 24.6 Å². The molecule has 1 aromatic heterocycles. The number of hydrogen-bond donors (Lipinski definition) is 2.